The summed E-state index contributed by atoms with van der Waals surface area (Å²) in [5, 5.41) is 21.0. The highest BCUT2D eigenvalue weighted by molar-refractivity contribution is 6.43. The standard InChI is InChI=1S/C34H41BN2O5/c1-2-9-24-20-27-32(34(40)37(33(27)39)25-11-4-3-5-12-25)28-21-35(41)42-30(31(24)28)16-15-23(29-14-6-7-17-36-29)18-22-10-8-13-26(38)19-22/h6-8,10,13-14,17-19,25,27-28,30,32,38,41H,2-5,9,11-12,15-16,20-21H2,1H3/b23-18-/t27-,28+,30-,32-/m1/s1. The number of imide groups is 1. The second-order valence-electron chi connectivity index (χ2n) is 12.4. The van der Waals surface area contributed by atoms with Crippen molar-refractivity contribution in [3.05, 3.63) is 71.1 Å². The summed E-state index contributed by atoms with van der Waals surface area (Å²) in [6.45, 7) is 2.15. The van der Waals surface area contributed by atoms with Gasteiger partial charge in [0.25, 0.3) is 0 Å². The van der Waals surface area contributed by atoms with Crippen LogP contribution in [-0.4, -0.2) is 51.1 Å². The lowest BCUT2D eigenvalue weighted by atomic mass is 9.58. The Morgan fingerprint density at radius 1 is 1.10 bits per heavy atom. The molecular formula is C34H41BN2O5. The van der Waals surface area contributed by atoms with Crippen LogP contribution in [0.4, 0.5) is 0 Å². The Bertz CT molecular complexity index is 1370. The third-order valence-electron chi connectivity index (χ3n) is 9.71. The number of phenols is 1. The summed E-state index contributed by atoms with van der Waals surface area (Å²) in [6.07, 6.45) is 12.6. The maximum absolute atomic E-state index is 14.0. The molecule has 0 spiro atoms. The molecule has 2 aliphatic carbocycles. The van der Waals surface area contributed by atoms with E-state index in [4.69, 9.17) is 4.65 Å². The van der Waals surface area contributed by atoms with Gasteiger partial charge in [-0.05, 0) is 97.8 Å². The van der Waals surface area contributed by atoms with E-state index in [9.17, 15) is 19.7 Å². The Balaban J connectivity index is 1.30. The summed E-state index contributed by atoms with van der Waals surface area (Å²) in [6, 6.07) is 13.0. The molecule has 2 aromatic rings. The second kappa shape index (κ2) is 12.6. The maximum atomic E-state index is 14.0. The number of hydrogen-bond donors (Lipinski definition) is 2. The molecule has 3 heterocycles. The van der Waals surface area contributed by atoms with Crippen molar-refractivity contribution in [1.29, 1.82) is 0 Å². The van der Waals surface area contributed by atoms with E-state index in [1.165, 1.54) is 12.0 Å². The van der Waals surface area contributed by atoms with E-state index in [0.29, 0.717) is 25.6 Å². The van der Waals surface area contributed by atoms with Gasteiger partial charge in [0, 0.05) is 12.2 Å². The third kappa shape index (κ3) is 5.71. The van der Waals surface area contributed by atoms with Crippen molar-refractivity contribution >= 4 is 30.6 Å². The van der Waals surface area contributed by atoms with Crippen LogP contribution in [0.1, 0.15) is 82.4 Å². The van der Waals surface area contributed by atoms with Crippen LogP contribution >= 0.6 is 0 Å². The van der Waals surface area contributed by atoms with Crippen LogP contribution in [0, 0.1) is 17.8 Å². The maximum Gasteiger partial charge on any atom is 0.455 e. The van der Waals surface area contributed by atoms with Gasteiger partial charge in [0.1, 0.15) is 5.75 Å². The van der Waals surface area contributed by atoms with Gasteiger partial charge in [-0.2, -0.15) is 0 Å². The van der Waals surface area contributed by atoms with Gasteiger partial charge in [-0.3, -0.25) is 19.5 Å². The number of nitrogens with zero attached hydrogens (tertiary/aromatic N) is 2. The highest BCUT2D eigenvalue weighted by Gasteiger charge is 2.58. The van der Waals surface area contributed by atoms with Crippen LogP contribution in [0.3, 0.4) is 0 Å². The number of carbonyl (C=O) groups excluding carboxylic acids is 2. The molecule has 3 fully saturated rings. The number of amides is 2. The summed E-state index contributed by atoms with van der Waals surface area (Å²) in [4.78, 5) is 34.0. The van der Waals surface area contributed by atoms with E-state index in [0.717, 1.165) is 60.9 Å². The second-order valence-corrected chi connectivity index (χ2v) is 12.4. The predicted molar refractivity (Wildman–Crippen MR) is 163 cm³/mol. The molecule has 6 rings (SSSR count). The zero-order valence-electron chi connectivity index (χ0n) is 24.5. The summed E-state index contributed by atoms with van der Waals surface area (Å²) in [5.41, 5.74) is 5.11. The van der Waals surface area contributed by atoms with Gasteiger partial charge in [-0.1, -0.05) is 56.4 Å². The van der Waals surface area contributed by atoms with Crippen LogP contribution < -0.4 is 0 Å². The molecule has 42 heavy (non-hydrogen) atoms. The van der Waals surface area contributed by atoms with Gasteiger partial charge in [-0.15, -0.1) is 0 Å². The quantitative estimate of drug-likeness (QED) is 0.229. The van der Waals surface area contributed by atoms with Crippen LogP contribution in [0.5, 0.6) is 5.75 Å². The summed E-state index contributed by atoms with van der Waals surface area (Å²) in [7, 11) is -0.981. The summed E-state index contributed by atoms with van der Waals surface area (Å²) >= 11 is 0. The summed E-state index contributed by atoms with van der Waals surface area (Å²) < 4.78 is 6.24. The molecule has 1 saturated carbocycles. The lowest BCUT2D eigenvalue weighted by molar-refractivity contribution is -0.143. The Morgan fingerprint density at radius 3 is 2.67 bits per heavy atom. The van der Waals surface area contributed by atoms with E-state index in [1.807, 2.05) is 36.4 Å². The average molecular weight is 569 g/mol. The van der Waals surface area contributed by atoms with Crippen molar-refractivity contribution in [1.82, 2.24) is 9.88 Å². The third-order valence-corrected chi connectivity index (χ3v) is 9.71. The summed E-state index contributed by atoms with van der Waals surface area (Å²) in [5.74, 6) is -0.730. The number of rotatable bonds is 8. The van der Waals surface area contributed by atoms with Gasteiger partial charge in [0.15, 0.2) is 0 Å². The molecule has 0 radical (unpaired) electrons. The van der Waals surface area contributed by atoms with Crippen molar-refractivity contribution in [2.45, 2.75) is 89.6 Å². The molecule has 0 bridgehead atoms. The SMILES string of the molecule is CCCC1=C2[C@@H](CC/C(=C/c3cccc(O)c3)c3ccccn3)OB(O)C[C@@H]2[C@@H]2C(=O)N(C3CCCCC3)C(=O)[C@@H]2C1. The Hall–Kier alpha value is -3.23. The number of aromatic nitrogens is 1. The van der Waals surface area contributed by atoms with Gasteiger partial charge in [0.05, 0.1) is 23.6 Å². The van der Waals surface area contributed by atoms with Crippen LogP contribution in [-0.2, 0) is 14.2 Å². The highest BCUT2D eigenvalue weighted by atomic mass is 16.5. The van der Waals surface area contributed by atoms with E-state index < -0.39 is 13.0 Å². The first-order valence-corrected chi connectivity index (χ1v) is 15.8. The monoisotopic (exact) mass is 568 g/mol. The minimum Gasteiger partial charge on any atom is -0.508 e. The number of pyridine rings is 1. The molecule has 0 unspecified atom stereocenters. The van der Waals surface area contributed by atoms with Crippen molar-refractivity contribution < 1.29 is 24.4 Å². The molecule has 1 aromatic carbocycles. The highest BCUT2D eigenvalue weighted by Crippen LogP contribution is 2.52. The lowest BCUT2D eigenvalue weighted by Gasteiger charge is -2.43. The Labute approximate surface area is 248 Å². The van der Waals surface area contributed by atoms with Gasteiger partial charge < -0.3 is 14.8 Å². The molecule has 7 nitrogen and oxygen atoms in total. The minimum absolute atomic E-state index is 0.00794. The fraction of sp³-hybridized carbons (Fsp3) is 0.500. The fourth-order valence-corrected chi connectivity index (χ4v) is 7.96. The van der Waals surface area contributed by atoms with Crippen molar-refractivity contribution in [3.63, 3.8) is 0 Å². The normalized spacial score (nSPS) is 27.0. The number of phenolic OH excluding ortho intramolecular Hbond substituents is 1. The number of benzene rings is 1. The topological polar surface area (TPSA) is 100.0 Å². The Morgan fingerprint density at radius 2 is 1.93 bits per heavy atom. The number of carbonyl (C=O) groups is 2. The molecule has 2 N–H and O–H groups in total. The van der Waals surface area contributed by atoms with Crippen LogP contribution in [0.2, 0.25) is 6.32 Å². The molecule has 2 aliphatic heterocycles. The predicted octanol–water partition coefficient (Wildman–Crippen LogP) is 6.04. The number of hydrogen-bond acceptors (Lipinski definition) is 6. The van der Waals surface area contributed by atoms with E-state index in [2.05, 4.69) is 11.9 Å². The molecule has 220 valence electrons. The molecule has 2 saturated heterocycles. The molecular weight excluding hydrogens is 527 g/mol. The molecule has 8 heteroatoms. The minimum atomic E-state index is -0.981. The molecule has 1 aromatic heterocycles. The largest absolute Gasteiger partial charge is 0.508 e. The molecule has 4 atom stereocenters. The van der Waals surface area contributed by atoms with Crippen LogP contribution in [0.15, 0.2) is 59.8 Å². The van der Waals surface area contributed by atoms with E-state index in [-0.39, 0.29) is 41.5 Å². The smallest absolute Gasteiger partial charge is 0.455 e. The number of aromatic hydroxyl groups is 1. The molecule has 2 amide bonds. The van der Waals surface area contributed by atoms with Crippen molar-refractivity contribution in [2.75, 3.05) is 0 Å². The first-order valence-electron chi connectivity index (χ1n) is 15.8. The average Bonchev–Trinajstić information content (AvgIpc) is 3.25. The lowest BCUT2D eigenvalue weighted by Crippen LogP contribution is -2.46. The zero-order chi connectivity index (χ0) is 29.2. The first-order chi connectivity index (χ1) is 20.4. The Kier molecular flexibility index (Phi) is 8.64. The van der Waals surface area contributed by atoms with Crippen molar-refractivity contribution in [3.8, 4) is 5.75 Å². The number of fused-ring (bicyclic) bond motifs is 3. The number of likely N-dealkylation sites (tertiary alicyclic amines) is 1. The van der Waals surface area contributed by atoms with Gasteiger partial charge in [0.2, 0.25) is 11.8 Å². The zero-order valence-corrected chi connectivity index (χ0v) is 24.5. The van der Waals surface area contributed by atoms with E-state index in [1.54, 1.807) is 23.2 Å². The fourth-order valence-electron chi connectivity index (χ4n) is 7.96. The van der Waals surface area contributed by atoms with Crippen LogP contribution in [0.25, 0.3) is 11.6 Å². The van der Waals surface area contributed by atoms with Crippen molar-refractivity contribution in [2.24, 2.45) is 17.8 Å². The first kappa shape index (κ1) is 28.9. The molecule has 4 aliphatic rings. The van der Waals surface area contributed by atoms with E-state index >= 15 is 0 Å². The van der Waals surface area contributed by atoms with Gasteiger partial charge in [-0.25, -0.2) is 0 Å². The number of allylic oxidation sites excluding steroid dienone is 2. The van der Waals surface area contributed by atoms with Gasteiger partial charge >= 0.3 is 7.12 Å².